The second kappa shape index (κ2) is 9.66. The fourth-order valence-corrected chi connectivity index (χ4v) is 3.52. The number of hydrogen-bond donors (Lipinski definition) is 1. The van der Waals surface area contributed by atoms with E-state index < -0.39 is 0 Å². The van der Waals surface area contributed by atoms with E-state index in [9.17, 15) is 4.79 Å². The average Bonchev–Trinajstić information content (AvgIpc) is 3.48. The van der Waals surface area contributed by atoms with Crippen LogP contribution in [0.3, 0.4) is 0 Å². The molecule has 0 aliphatic rings. The first-order chi connectivity index (χ1) is 16.0. The fraction of sp³-hybridized carbons (Fsp3) is 0.174. The van der Waals surface area contributed by atoms with Crippen molar-refractivity contribution in [1.82, 2.24) is 14.7 Å². The first kappa shape index (κ1) is 22.2. The molecular formula is C23H21ClN4O5. The number of carbonyl (C=O) groups is 1. The summed E-state index contributed by atoms with van der Waals surface area (Å²) in [5.41, 5.74) is 1.88. The Morgan fingerprint density at radius 2 is 1.79 bits per heavy atom. The SMILES string of the molecule is COc1ccc(NC(=O)Cn2cccc2-c2nc(-c3ccc(OC)c(OC)c3)no2)cc1Cl. The van der Waals surface area contributed by atoms with Gasteiger partial charge in [-0.15, -0.1) is 0 Å². The van der Waals surface area contributed by atoms with Crippen molar-refractivity contribution in [2.24, 2.45) is 0 Å². The van der Waals surface area contributed by atoms with Crippen LogP contribution in [0.5, 0.6) is 17.2 Å². The van der Waals surface area contributed by atoms with Crippen molar-refractivity contribution in [1.29, 1.82) is 0 Å². The molecule has 0 aliphatic heterocycles. The minimum absolute atomic E-state index is 0.0417. The highest BCUT2D eigenvalue weighted by atomic mass is 35.5. The van der Waals surface area contributed by atoms with E-state index in [-0.39, 0.29) is 18.3 Å². The van der Waals surface area contributed by atoms with Gasteiger partial charge in [-0.05, 0) is 48.5 Å². The topological polar surface area (TPSA) is 101 Å². The Bertz CT molecular complexity index is 1280. The van der Waals surface area contributed by atoms with E-state index in [1.807, 2.05) is 6.07 Å². The van der Waals surface area contributed by atoms with Crippen LogP contribution < -0.4 is 19.5 Å². The Kier molecular flexibility index (Phi) is 6.50. The van der Waals surface area contributed by atoms with Crippen LogP contribution in [0.2, 0.25) is 5.02 Å². The van der Waals surface area contributed by atoms with E-state index in [1.165, 1.54) is 7.11 Å². The van der Waals surface area contributed by atoms with Gasteiger partial charge in [0.15, 0.2) is 11.5 Å². The zero-order chi connectivity index (χ0) is 23.4. The van der Waals surface area contributed by atoms with Crippen LogP contribution in [0.4, 0.5) is 5.69 Å². The maximum Gasteiger partial charge on any atom is 0.274 e. The van der Waals surface area contributed by atoms with Gasteiger partial charge in [-0.25, -0.2) is 0 Å². The molecule has 2 aromatic carbocycles. The van der Waals surface area contributed by atoms with Gasteiger partial charge in [-0.3, -0.25) is 4.79 Å². The molecule has 1 N–H and O–H groups in total. The highest BCUT2D eigenvalue weighted by molar-refractivity contribution is 6.32. The molecule has 0 radical (unpaired) electrons. The minimum Gasteiger partial charge on any atom is -0.495 e. The quantitative estimate of drug-likeness (QED) is 0.405. The predicted molar refractivity (Wildman–Crippen MR) is 123 cm³/mol. The zero-order valence-electron chi connectivity index (χ0n) is 18.2. The summed E-state index contributed by atoms with van der Waals surface area (Å²) in [5.74, 6) is 2.11. The van der Waals surface area contributed by atoms with E-state index in [0.717, 1.165) is 0 Å². The molecule has 4 aromatic rings. The first-order valence-corrected chi connectivity index (χ1v) is 10.2. The number of halogens is 1. The number of nitrogens with zero attached hydrogens (tertiary/aromatic N) is 3. The largest absolute Gasteiger partial charge is 0.495 e. The summed E-state index contributed by atoms with van der Waals surface area (Å²) in [7, 11) is 4.65. The van der Waals surface area contributed by atoms with Crippen molar-refractivity contribution >= 4 is 23.2 Å². The van der Waals surface area contributed by atoms with Gasteiger partial charge in [-0.2, -0.15) is 4.98 Å². The molecule has 0 spiro atoms. The molecule has 170 valence electrons. The number of aromatic nitrogens is 3. The molecule has 0 saturated carbocycles. The lowest BCUT2D eigenvalue weighted by Crippen LogP contribution is -2.18. The number of carbonyl (C=O) groups excluding carboxylic acids is 1. The van der Waals surface area contributed by atoms with E-state index in [4.69, 9.17) is 30.3 Å². The molecule has 10 heteroatoms. The Morgan fingerprint density at radius 3 is 2.52 bits per heavy atom. The fourth-order valence-electron chi connectivity index (χ4n) is 3.27. The summed E-state index contributed by atoms with van der Waals surface area (Å²) >= 11 is 6.13. The molecule has 0 unspecified atom stereocenters. The van der Waals surface area contributed by atoms with Crippen molar-refractivity contribution < 1.29 is 23.5 Å². The van der Waals surface area contributed by atoms with Gasteiger partial charge >= 0.3 is 0 Å². The number of ether oxygens (including phenoxy) is 3. The summed E-state index contributed by atoms with van der Waals surface area (Å²) < 4.78 is 22.9. The van der Waals surface area contributed by atoms with Crippen LogP contribution in [0, 0.1) is 0 Å². The lowest BCUT2D eigenvalue weighted by Gasteiger charge is -2.10. The molecule has 0 bridgehead atoms. The number of amides is 1. The molecule has 0 atom stereocenters. The monoisotopic (exact) mass is 468 g/mol. The Hall–Kier alpha value is -3.98. The average molecular weight is 469 g/mol. The van der Waals surface area contributed by atoms with Gasteiger partial charge in [0, 0.05) is 17.4 Å². The maximum atomic E-state index is 12.6. The molecule has 0 aliphatic carbocycles. The number of methoxy groups -OCH3 is 3. The summed E-state index contributed by atoms with van der Waals surface area (Å²) in [6, 6.07) is 14.0. The van der Waals surface area contributed by atoms with Crippen LogP contribution >= 0.6 is 11.6 Å². The molecule has 0 fully saturated rings. The van der Waals surface area contributed by atoms with Gasteiger partial charge < -0.3 is 28.6 Å². The highest BCUT2D eigenvalue weighted by Crippen LogP contribution is 2.32. The van der Waals surface area contributed by atoms with E-state index in [0.29, 0.717) is 45.0 Å². The van der Waals surface area contributed by atoms with Crippen molar-refractivity contribution in [3.8, 4) is 40.2 Å². The van der Waals surface area contributed by atoms with E-state index >= 15 is 0 Å². The van der Waals surface area contributed by atoms with Crippen molar-refractivity contribution in [2.75, 3.05) is 26.6 Å². The second-order valence-corrected chi connectivity index (χ2v) is 7.32. The summed E-state index contributed by atoms with van der Waals surface area (Å²) in [4.78, 5) is 17.1. The number of rotatable bonds is 8. The standard InChI is InChI=1S/C23H21ClN4O5/c1-30-18-9-7-15(12-16(18)24)25-21(29)13-28-10-4-5-17(28)23-26-22(27-33-23)14-6-8-19(31-2)20(11-14)32-3/h4-12H,13H2,1-3H3,(H,25,29). The number of hydrogen-bond acceptors (Lipinski definition) is 7. The molecule has 0 saturated heterocycles. The Balaban J connectivity index is 1.51. The first-order valence-electron chi connectivity index (χ1n) is 9.87. The third-order valence-electron chi connectivity index (χ3n) is 4.87. The molecule has 9 nitrogen and oxygen atoms in total. The van der Waals surface area contributed by atoms with Crippen LogP contribution in [-0.4, -0.2) is 41.9 Å². The lowest BCUT2D eigenvalue weighted by atomic mass is 10.2. The van der Waals surface area contributed by atoms with Gasteiger partial charge in [0.05, 0.1) is 26.4 Å². The predicted octanol–water partition coefficient (Wildman–Crippen LogP) is 4.52. The van der Waals surface area contributed by atoms with Crippen LogP contribution in [0.25, 0.3) is 23.0 Å². The number of nitrogens with one attached hydrogen (secondary N) is 1. The van der Waals surface area contributed by atoms with Crippen molar-refractivity contribution in [2.45, 2.75) is 6.54 Å². The number of anilines is 1. The zero-order valence-corrected chi connectivity index (χ0v) is 18.9. The Labute approximate surface area is 194 Å². The van der Waals surface area contributed by atoms with E-state index in [2.05, 4.69) is 15.5 Å². The summed E-state index contributed by atoms with van der Waals surface area (Å²) in [5, 5.41) is 7.29. The molecule has 33 heavy (non-hydrogen) atoms. The van der Waals surface area contributed by atoms with Crippen LogP contribution in [0.1, 0.15) is 0 Å². The van der Waals surface area contributed by atoms with Crippen molar-refractivity contribution in [3.63, 3.8) is 0 Å². The van der Waals surface area contributed by atoms with Gasteiger partial charge in [-0.1, -0.05) is 16.8 Å². The lowest BCUT2D eigenvalue weighted by molar-refractivity contribution is -0.116. The second-order valence-electron chi connectivity index (χ2n) is 6.91. The molecule has 2 aromatic heterocycles. The third kappa shape index (κ3) is 4.78. The van der Waals surface area contributed by atoms with Crippen LogP contribution in [0.15, 0.2) is 59.3 Å². The van der Waals surface area contributed by atoms with Gasteiger partial charge in [0.25, 0.3) is 5.89 Å². The summed E-state index contributed by atoms with van der Waals surface area (Å²) in [6.07, 6.45) is 1.76. The smallest absolute Gasteiger partial charge is 0.274 e. The highest BCUT2D eigenvalue weighted by Gasteiger charge is 2.17. The maximum absolute atomic E-state index is 12.6. The third-order valence-corrected chi connectivity index (χ3v) is 5.16. The number of benzene rings is 2. The Morgan fingerprint density at radius 1 is 1.03 bits per heavy atom. The van der Waals surface area contributed by atoms with Crippen molar-refractivity contribution in [3.05, 3.63) is 59.8 Å². The molecule has 4 rings (SSSR count). The van der Waals surface area contributed by atoms with E-state index in [1.54, 1.807) is 67.4 Å². The minimum atomic E-state index is -0.242. The van der Waals surface area contributed by atoms with Gasteiger partial charge in [0.2, 0.25) is 11.7 Å². The molecular weight excluding hydrogens is 448 g/mol. The van der Waals surface area contributed by atoms with Gasteiger partial charge in [0.1, 0.15) is 18.0 Å². The molecule has 1 amide bonds. The van der Waals surface area contributed by atoms with Crippen LogP contribution in [-0.2, 0) is 11.3 Å². The molecule has 2 heterocycles. The normalized spacial score (nSPS) is 10.7. The summed E-state index contributed by atoms with van der Waals surface area (Å²) in [6.45, 7) is 0.0417.